The van der Waals surface area contributed by atoms with E-state index in [2.05, 4.69) is 20.5 Å². The zero-order valence-electron chi connectivity index (χ0n) is 13.1. The number of methoxy groups -OCH3 is 1. The Kier molecular flexibility index (Phi) is 5.78. The minimum Gasteiger partial charge on any atom is -0.503 e. The quantitative estimate of drug-likeness (QED) is 0.461. The zero-order chi connectivity index (χ0) is 17.7. The predicted octanol–water partition coefficient (Wildman–Crippen LogP) is 1.43. The minimum absolute atomic E-state index is 0.125. The Bertz CT molecular complexity index is 820. The van der Waals surface area contributed by atoms with Crippen LogP contribution in [0.1, 0.15) is 16.8 Å². The largest absolute Gasteiger partial charge is 0.503 e. The van der Waals surface area contributed by atoms with Gasteiger partial charge < -0.3 is 14.9 Å². The molecule has 24 heavy (non-hydrogen) atoms. The molecule has 8 nitrogen and oxygen atoms in total. The molecule has 4 N–H and O–H groups in total. The number of nitrogens with zero attached hydrogens (tertiary/aromatic N) is 2. The van der Waals surface area contributed by atoms with Crippen LogP contribution >= 0.6 is 11.6 Å². The topological polar surface area (TPSA) is 120 Å². The van der Waals surface area contributed by atoms with Gasteiger partial charge in [-0.2, -0.15) is 5.10 Å². The van der Waals surface area contributed by atoms with Crippen LogP contribution in [0.3, 0.4) is 0 Å². The third kappa shape index (κ3) is 4.03. The number of benzene rings is 1. The van der Waals surface area contributed by atoms with Crippen molar-refractivity contribution in [1.29, 1.82) is 0 Å². The molecule has 0 aliphatic rings. The molecule has 0 radical (unpaired) electrons. The average Bonchev–Trinajstić information content (AvgIpc) is 2.54. The van der Waals surface area contributed by atoms with Crippen LogP contribution in [0.15, 0.2) is 22.0 Å². The van der Waals surface area contributed by atoms with Crippen LogP contribution in [-0.4, -0.2) is 40.1 Å². The van der Waals surface area contributed by atoms with Gasteiger partial charge in [0.1, 0.15) is 0 Å². The van der Waals surface area contributed by atoms with Gasteiger partial charge in [0.15, 0.2) is 11.5 Å². The van der Waals surface area contributed by atoms with Crippen molar-refractivity contribution >= 4 is 23.8 Å². The Balaban J connectivity index is 2.18. The maximum Gasteiger partial charge on any atom is 0.255 e. The van der Waals surface area contributed by atoms with E-state index < -0.39 is 0 Å². The monoisotopic (exact) mass is 352 g/mol. The molecule has 128 valence electrons. The molecule has 0 atom stereocenters. The number of rotatable bonds is 6. The maximum atomic E-state index is 11.9. The molecule has 0 spiro atoms. The summed E-state index contributed by atoms with van der Waals surface area (Å²) in [5, 5.41) is 22.7. The number of ether oxygens (including phenoxy) is 1. The molecule has 0 aliphatic heterocycles. The third-order valence-corrected chi connectivity index (χ3v) is 3.53. The number of hydrogen-bond donors (Lipinski definition) is 4. The standard InChI is InChI=1S/C15H17ClN4O4/c1-8-10(3-4-21)14(23)19-15(18-8)20-17-7-9-5-11(16)13(22)12(6-9)24-2/h5-7,21-22H,3-4H2,1-2H3,(H2,18,19,20,23)/b17-7-. The van der Waals surface area contributed by atoms with Crippen molar-refractivity contribution in [3.05, 3.63) is 44.3 Å². The van der Waals surface area contributed by atoms with Gasteiger partial charge in [-0.3, -0.25) is 9.78 Å². The highest BCUT2D eigenvalue weighted by Crippen LogP contribution is 2.34. The molecule has 0 fully saturated rings. The van der Waals surface area contributed by atoms with Crippen molar-refractivity contribution in [1.82, 2.24) is 9.97 Å². The van der Waals surface area contributed by atoms with Crippen molar-refractivity contribution in [2.75, 3.05) is 19.1 Å². The second-order valence-corrected chi connectivity index (χ2v) is 5.28. The molecule has 0 unspecified atom stereocenters. The van der Waals surface area contributed by atoms with E-state index >= 15 is 0 Å². The van der Waals surface area contributed by atoms with Crippen LogP contribution in [0.25, 0.3) is 0 Å². The molecule has 0 aliphatic carbocycles. The van der Waals surface area contributed by atoms with E-state index in [1.54, 1.807) is 13.0 Å². The number of anilines is 1. The van der Waals surface area contributed by atoms with E-state index in [9.17, 15) is 9.90 Å². The molecule has 1 aromatic heterocycles. The van der Waals surface area contributed by atoms with Gasteiger partial charge in [-0.1, -0.05) is 11.6 Å². The number of phenols is 1. The second-order valence-electron chi connectivity index (χ2n) is 4.88. The van der Waals surface area contributed by atoms with Gasteiger partial charge in [0.25, 0.3) is 5.56 Å². The van der Waals surface area contributed by atoms with Gasteiger partial charge in [-0.05, 0) is 24.6 Å². The summed E-state index contributed by atoms with van der Waals surface area (Å²) < 4.78 is 5.00. The highest BCUT2D eigenvalue weighted by Gasteiger charge is 2.09. The lowest BCUT2D eigenvalue weighted by atomic mass is 10.2. The van der Waals surface area contributed by atoms with Crippen LogP contribution < -0.4 is 15.7 Å². The SMILES string of the molecule is COc1cc(/C=N\Nc2nc(C)c(CCO)c(=O)[nH]2)cc(Cl)c1O. The number of halogens is 1. The van der Waals surface area contributed by atoms with Gasteiger partial charge >= 0.3 is 0 Å². The maximum absolute atomic E-state index is 11.9. The summed E-state index contributed by atoms with van der Waals surface area (Å²) in [4.78, 5) is 18.6. The number of hydrazone groups is 1. The van der Waals surface area contributed by atoms with Crippen LogP contribution in [0.2, 0.25) is 5.02 Å². The van der Waals surface area contributed by atoms with Gasteiger partial charge in [0, 0.05) is 18.6 Å². The van der Waals surface area contributed by atoms with Crippen LogP contribution in [0.4, 0.5) is 5.95 Å². The Morgan fingerprint density at radius 3 is 2.88 bits per heavy atom. The molecule has 0 amide bonds. The van der Waals surface area contributed by atoms with Crippen molar-refractivity contribution in [2.45, 2.75) is 13.3 Å². The summed E-state index contributed by atoms with van der Waals surface area (Å²) in [5.41, 5.74) is 3.81. The molecular formula is C15H17ClN4O4. The van der Waals surface area contributed by atoms with Crippen LogP contribution in [0.5, 0.6) is 11.5 Å². The third-order valence-electron chi connectivity index (χ3n) is 3.24. The van der Waals surface area contributed by atoms with E-state index in [0.29, 0.717) is 16.8 Å². The number of nitrogens with one attached hydrogen (secondary N) is 2. The second kappa shape index (κ2) is 7.80. The molecule has 2 rings (SSSR count). The average molecular weight is 353 g/mol. The number of aliphatic hydroxyl groups is 1. The Labute approximate surface area is 142 Å². The summed E-state index contributed by atoms with van der Waals surface area (Å²) in [6.45, 7) is 1.56. The van der Waals surface area contributed by atoms with E-state index in [1.165, 1.54) is 19.4 Å². The van der Waals surface area contributed by atoms with Gasteiger partial charge in [0.05, 0.1) is 24.0 Å². The molecule has 0 saturated carbocycles. The van der Waals surface area contributed by atoms with Crippen molar-refractivity contribution in [3.63, 3.8) is 0 Å². The first-order chi connectivity index (χ1) is 11.5. The van der Waals surface area contributed by atoms with Crippen LogP contribution in [-0.2, 0) is 6.42 Å². The normalized spacial score (nSPS) is 11.0. The van der Waals surface area contributed by atoms with E-state index in [4.69, 9.17) is 21.4 Å². The van der Waals surface area contributed by atoms with E-state index in [0.717, 1.165) is 0 Å². The van der Waals surface area contributed by atoms with E-state index in [-0.39, 0.29) is 41.1 Å². The molecular weight excluding hydrogens is 336 g/mol. The lowest BCUT2D eigenvalue weighted by molar-refractivity contribution is 0.298. The Morgan fingerprint density at radius 2 is 2.25 bits per heavy atom. The Hall–Kier alpha value is -2.58. The fourth-order valence-corrected chi connectivity index (χ4v) is 2.28. The molecule has 0 bridgehead atoms. The highest BCUT2D eigenvalue weighted by molar-refractivity contribution is 6.32. The lowest BCUT2D eigenvalue weighted by Gasteiger charge is -2.07. The minimum atomic E-state index is -0.330. The zero-order valence-corrected chi connectivity index (χ0v) is 13.9. The van der Waals surface area contributed by atoms with Gasteiger partial charge in [-0.25, -0.2) is 10.4 Å². The first kappa shape index (κ1) is 17.8. The number of aliphatic hydroxyl groups excluding tert-OH is 1. The van der Waals surface area contributed by atoms with Crippen LogP contribution in [0, 0.1) is 6.92 Å². The number of aromatic nitrogens is 2. The molecule has 1 aromatic carbocycles. The summed E-state index contributed by atoms with van der Waals surface area (Å²) in [5.74, 6) is 0.248. The molecule has 1 heterocycles. The number of phenolic OH excluding ortho intramolecular Hbond substituents is 1. The first-order valence-electron chi connectivity index (χ1n) is 7.02. The summed E-state index contributed by atoms with van der Waals surface area (Å²) in [6, 6.07) is 3.06. The number of hydrogen-bond acceptors (Lipinski definition) is 7. The highest BCUT2D eigenvalue weighted by atomic mass is 35.5. The smallest absolute Gasteiger partial charge is 0.255 e. The lowest BCUT2D eigenvalue weighted by Crippen LogP contribution is -2.19. The Morgan fingerprint density at radius 1 is 1.50 bits per heavy atom. The summed E-state index contributed by atoms with van der Waals surface area (Å²) >= 11 is 5.89. The number of aryl methyl sites for hydroxylation is 1. The first-order valence-corrected chi connectivity index (χ1v) is 7.40. The molecule has 2 aromatic rings. The predicted molar refractivity (Wildman–Crippen MR) is 91.3 cm³/mol. The summed E-state index contributed by atoms with van der Waals surface area (Å²) in [7, 11) is 1.41. The van der Waals surface area contributed by atoms with E-state index in [1.807, 2.05) is 0 Å². The summed E-state index contributed by atoms with van der Waals surface area (Å²) in [6.07, 6.45) is 1.67. The number of aromatic hydroxyl groups is 1. The fourth-order valence-electron chi connectivity index (χ4n) is 2.06. The van der Waals surface area contributed by atoms with Gasteiger partial charge in [-0.15, -0.1) is 0 Å². The van der Waals surface area contributed by atoms with Crippen molar-refractivity contribution < 1.29 is 14.9 Å². The molecule has 9 heteroatoms. The van der Waals surface area contributed by atoms with Crippen molar-refractivity contribution in [3.8, 4) is 11.5 Å². The number of aromatic amines is 1. The number of H-pyrrole nitrogens is 1. The fraction of sp³-hybridized carbons (Fsp3) is 0.267. The van der Waals surface area contributed by atoms with Crippen molar-refractivity contribution in [2.24, 2.45) is 5.10 Å². The molecule has 0 saturated heterocycles. The van der Waals surface area contributed by atoms with Gasteiger partial charge in [0.2, 0.25) is 5.95 Å².